The molecular weight excluding hydrogens is 548 g/mol. The van der Waals surface area contributed by atoms with E-state index in [0.29, 0.717) is 24.9 Å². The van der Waals surface area contributed by atoms with Crippen LogP contribution in [0, 0.1) is 0 Å². The van der Waals surface area contributed by atoms with Crippen LogP contribution in [0.25, 0.3) is 0 Å². The predicted molar refractivity (Wildman–Crippen MR) is 169 cm³/mol. The zero-order chi connectivity index (χ0) is 31.1. The Hall–Kier alpha value is -3.24. The molecule has 0 aliphatic heterocycles. The summed E-state index contributed by atoms with van der Waals surface area (Å²) in [5, 5.41) is 10.3. The number of nitrogens with zero attached hydrogens (tertiary/aromatic N) is 2. The van der Waals surface area contributed by atoms with E-state index in [1.54, 1.807) is 37.9 Å². The molecule has 9 heteroatoms. The van der Waals surface area contributed by atoms with Crippen LogP contribution in [0.3, 0.4) is 0 Å². The molecule has 3 rings (SSSR count). The van der Waals surface area contributed by atoms with Crippen LogP contribution in [0.4, 0.5) is 5.69 Å². The number of nitrogens with two attached hydrogens (primary N) is 2. The number of likely N-dealkylation sites (N-methyl/N-ethyl adjacent to an activating group) is 1. The molecule has 0 spiro atoms. The molecule has 0 aliphatic carbocycles. The summed E-state index contributed by atoms with van der Waals surface area (Å²) in [6.45, 7) is 7.24. The maximum atomic E-state index is 13.8. The van der Waals surface area contributed by atoms with Crippen LogP contribution in [0.5, 0.6) is 0 Å². The molecule has 228 valence electrons. The first kappa shape index (κ1) is 33.3. The standard InChI is InChI=1S/C33H46N4O4S/c1-24(2)37(42(40,41)29-20-18-27(34)19-21-29)28(23-38)17-12-22-33(3,4)36(5)32(39)31(35)30(25-13-8-6-9-14-25)26-15-10-7-11-16-26/h6-11,13-16,18-21,24,28,30-31,38H,12,17,22-23,34-35H2,1-5H3/t28-,31-/m0/s1. The largest absolute Gasteiger partial charge is 0.399 e. The maximum Gasteiger partial charge on any atom is 0.243 e. The van der Waals surface area contributed by atoms with Gasteiger partial charge in [0.2, 0.25) is 15.9 Å². The van der Waals surface area contributed by atoms with Crippen molar-refractivity contribution in [2.45, 2.75) is 81.4 Å². The highest BCUT2D eigenvalue weighted by Crippen LogP contribution is 2.31. The van der Waals surface area contributed by atoms with E-state index >= 15 is 0 Å². The van der Waals surface area contributed by atoms with E-state index < -0.39 is 27.6 Å². The number of anilines is 1. The molecule has 0 heterocycles. The van der Waals surface area contributed by atoms with Crippen LogP contribution >= 0.6 is 0 Å². The topological polar surface area (TPSA) is 130 Å². The summed E-state index contributed by atoms with van der Waals surface area (Å²) in [7, 11) is -2.09. The van der Waals surface area contributed by atoms with E-state index in [1.807, 2.05) is 74.5 Å². The normalized spacial score (nSPS) is 13.9. The lowest BCUT2D eigenvalue weighted by atomic mass is 9.84. The minimum atomic E-state index is -3.86. The fraction of sp³-hybridized carbons (Fsp3) is 0.424. The Bertz CT molecular complexity index is 1340. The van der Waals surface area contributed by atoms with Crippen LogP contribution in [-0.2, 0) is 14.8 Å². The maximum absolute atomic E-state index is 13.8. The van der Waals surface area contributed by atoms with Crippen LogP contribution in [0.15, 0.2) is 89.8 Å². The Balaban J connectivity index is 1.74. The van der Waals surface area contributed by atoms with Crippen molar-refractivity contribution in [3.63, 3.8) is 0 Å². The molecule has 0 radical (unpaired) electrons. The molecule has 42 heavy (non-hydrogen) atoms. The van der Waals surface area contributed by atoms with Gasteiger partial charge in [-0.05, 0) is 82.3 Å². The Morgan fingerprint density at radius 2 is 1.40 bits per heavy atom. The second-order valence-electron chi connectivity index (χ2n) is 11.8. The molecule has 0 aromatic heterocycles. The molecular formula is C33H46N4O4S. The molecule has 0 saturated carbocycles. The van der Waals surface area contributed by atoms with E-state index in [9.17, 15) is 18.3 Å². The summed E-state index contributed by atoms with van der Waals surface area (Å²) in [6, 6.07) is 23.9. The molecule has 8 nitrogen and oxygen atoms in total. The first-order valence-electron chi connectivity index (χ1n) is 14.4. The van der Waals surface area contributed by atoms with Crippen molar-refractivity contribution in [2.24, 2.45) is 5.73 Å². The lowest BCUT2D eigenvalue weighted by Gasteiger charge is -2.39. The zero-order valence-corrected chi connectivity index (χ0v) is 26.2. The van der Waals surface area contributed by atoms with Gasteiger partial charge in [-0.25, -0.2) is 8.42 Å². The Morgan fingerprint density at radius 3 is 1.86 bits per heavy atom. The van der Waals surface area contributed by atoms with Gasteiger partial charge in [-0.3, -0.25) is 4.79 Å². The van der Waals surface area contributed by atoms with Gasteiger partial charge >= 0.3 is 0 Å². The highest BCUT2D eigenvalue weighted by Gasteiger charge is 2.37. The lowest BCUT2D eigenvalue weighted by Crippen LogP contribution is -2.53. The first-order valence-corrected chi connectivity index (χ1v) is 15.9. The number of nitrogen functional groups attached to an aromatic ring is 1. The average Bonchev–Trinajstić information content (AvgIpc) is 2.96. The number of carbonyl (C=O) groups excluding carboxylic acids is 1. The number of amides is 1. The van der Waals surface area contributed by atoms with Crippen molar-refractivity contribution in [1.29, 1.82) is 0 Å². The molecule has 0 fully saturated rings. The quantitative estimate of drug-likeness (QED) is 0.234. The molecule has 0 unspecified atom stereocenters. The van der Waals surface area contributed by atoms with Gasteiger partial charge in [0.25, 0.3) is 0 Å². The highest BCUT2D eigenvalue weighted by molar-refractivity contribution is 7.89. The SMILES string of the molecule is CC(C)N([C@H](CO)CCCC(C)(C)N(C)C(=O)[C@@H](N)C(c1ccccc1)c1ccccc1)S(=O)(=O)c1ccc(N)cc1. The minimum Gasteiger partial charge on any atom is -0.399 e. The molecule has 2 atom stereocenters. The van der Waals surface area contributed by atoms with Crippen LogP contribution < -0.4 is 11.5 Å². The first-order chi connectivity index (χ1) is 19.8. The fourth-order valence-electron chi connectivity index (χ4n) is 5.49. The number of benzene rings is 3. The van der Waals surface area contributed by atoms with Gasteiger partial charge in [0.05, 0.1) is 17.5 Å². The van der Waals surface area contributed by atoms with Crippen LogP contribution in [0.2, 0.25) is 0 Å². The van der Waals surface area contributed by atoms with E-state index in [-0.39, 0.29) is 29.4 Å². The van der Waals surface area contributed by atoms with Gasteiger partial charge < -0.3 is 21.5 Å². The molecule has 0 aliphatic rings. The van der Waals surface area contributed by atoms with E-state index in [1.165, 1.54) is 16.4 Å². The minimum absolute atomic E-state index is 0.134. The molecule has 5 N–H and O–H groups in total. The second-order valence-corrected chi connectivity index (χ2v) is 13.6. The molecule has 1 amide bonds. The number of hydrogen-bond acceptors (Lipinski definition) is 6. The summed E-state index contributed by atoms with van der Waals surface area (Å²) >= 11 is 0. The van der Waals surface area contributed by atoms with Gasteiger partial charge in [0.1, 0.15) is 0 Å². The van der Waals surface area contributed by atoms with Crippen molar-refractivity contribution in [3.8, 4) is 0 Å². The molecule has 0 saturated heterocycles. The predicted octanol–water partition coefficient (Wildman–Crippen LogP) is 4.60. The molecule has 3 aromatic carbocycles. The van der Waals surface area contributed by atoms with Crippen molar-refractivity contribution < 1.29 is 18.3 Å². The third-order valence-corrected chi connectivity index (χ3v) is 10.2. The summed E-state index contributed by atoms with van der Waals surface area (Å²) in [6.07, 6.45) is 1.61. The summed E-state index contributed by atoms with van der Waals surface area (Å²) < 4.78 is 28.4. The number of sulfonamides is 1. The smallest absolute Gasteiger partial charge is 0.243 e. The Morgan fingerprint density at radius 1 is 0.905 bits per heavy atom. The average molecular weight is 595 g/mol. The van der Waals surface area contributed by atoms with Crippen LogP contribution in [0.1, 0.15) is 64.0 Å². The summed E-state index contributed by atoms with van der Waals surface area (Å²) in [5.41, 5.74) is 14.3. The lowest BCUT2D eigenvalue weighted by molar-refractivity contribution is -0.136. The van der Waals surface area contributed by atoms with Gasteiger partial charge in [-0.2, -0.15) is 4.31 Å². The number of rotatable bonds is 14. The Labute approximate surface area is 251 Å². The van der Waals surface area contributed by atoms with Crippen molar-refractivity contribution in [1.82, 2.24) is 9.21 Å². The molecule has 3 aromatic rings. The van der Waals surface area contributed by atoms with Crippen molar-refractivity contribution >= 4 is 21.6 Å². The summed E-state index contributed by atoms with van der Waals surface area (Å²) in [5.74, 6) is -0.485. The van der Waals surface area contributed by atoms with E-state index in [4.69, 9.17) is 11.5 Å². The van der Waals surface area contributed by atoms with Crippen molar-refractivity contribution in [2.75, 3.05) is 19.4 Å². The van der Waals surface area contributed by atoms with Crippen molar-refractivity contribution in [3.05, 3.63) is 96.1 Å². The molecule has 0 bridgehead atoms. The zero-order valence-electron chi connectivity index (χ0n) is 25.4. The van der Waals surface area contributed by atoms with Crippen LogP contribution in [-0.4, -0.2) is 66.0 Å². The van der Waals surface area contributed by atoms with Gasteiger partial charge in [-0.15, -0.1) is 0 Å². The Kier molecular flexibility index (Phi) is 11.3. The third-order valence-electron chi connectivity index (χ3n) is 8.06. The number of aliphatic hydroxyl groups excluding tert-OH is 1. The third kappa shape index (κ3) is 7.77. The highest BCUT2D eigenvalue weighted by atomic mass is 32.2. The van der Waals surface area contributed by atoms with Gasteiger partial charge in [-0.1, -0.05) is 60.7 Å². The van der Waals surface area contributed by atoms with Gasteiger partial charge in [0, 0.05) is 36.3 Å². The summed E-state index contributed by atoms with van der Waals surface area (Å²) in [4.78, 5) is 15.6. The number of carbonyl (C=O) groups is 1. The van der Waals surface area contributed by atoms with E-state index in [2.05, 4.69) is 0 Å². The van der Waals surface area contributed by atoms with E-state index in [0.717, 1.165) is 11.1 Å². The monoisotopic (exact) mass is 594 g/mol. The van der Waals surface area contributed by atoms with Gasteiger partial charge in [0.15, 0.2) is 0 Å². The number of hydrogen-bond donors (Lipinski definition) is 3. The fourth-order valence-corrected chi connectivity index (χ4v) is 7.33. The second kappa shape index (κ2) is 14.3. The number of aliphatic hydroxyl groups is 1.